The lowest BCUT2D eigenvalue weighted by molar-refractivity contribution is 1.06. The van der Waals surface area contributed by atoms with E-state index in [1.165, 1.54) is 10.4 Å². The van der Waals surface area contributed by atoms with Crippen LogP contribution in [0.15, 0.2) is 17.5 Å². The van der Waals surface area contributed by atoms with Gasteiger partial charge in [0.1, 0.15) is 11.6 Å². The monoisotopic (exact) mass is 263 g/mol. The summed E-state index contributed by atoms with van der Waals surface area (Å²) in [4.78, 5) is 9.54. The number of hydrogen-bond donors (Lipinski definition) is 3. The van der Waals surface area contributed by atoms with E-state index in [1.807, 2.05) is 6.07 Å². The normalized spacial score (nSPS) is 10.3. The molecule has 5 nitrogen and oxygen atoms in total. The van der Waals surface area contributed by atoms with Crippen molar-refractivity contribution in [2.75, 3.05) is 23.4 Å². The van der Waals surface area contributed by atoms with Gasteiger partial charge in [-0.3, -0.25) is 0 Å². The second kappa shape index (κ2) is 5.68. The van der Waals surface area contributed by atoms with Crippen molar-refractivity contribution in [1.29, 1.82) is 0 Å². The summed E-state index contributed by atoms with van der Waals surface area (Å²) in [5.41, 5.74) is 7.02. The third kappa shape index (κ3) is 2.89. The van der Waals surface area contributed by atoms with Gasteiger partial charge in [0.05, 0.1) is 6.54 Å². The fraction of sp³-hybridized carbons (Fsp3) is 0.333. The molecule has 0 amide bonds. The predicted molar refractivity (Wildman–Crippen MR) is 77.0 cm³/mol. The number of nitrogen functional groups attached to an aromatic ring is 1. The van der Waals surface area contributed by atoms with Crippen LogP contribution in [0.5, 0.6) is 0 Å². The first-order chi connectivity index (χ1) is 8.72. The minimum atomic E-state index is 0.270. The molecule has 2 rings (SSSR count). The van der Waals surface area contributed by atoms with Crippen molar-refractivity contribution in [3.8, 4) is 0 Å². The van der Waals surface area contributed by atoms with Gasteiger partial charge in [0, 0.05) is 18.0 Å². The Morgan fingerprint density at radius 2 is 2.11 bits per heavy atom. The zero-order chi connectivity index (χ0) is 13.0. The van der Waals surface area contributed by atoms with Gasteiger partial charge < -0.3 is 16.4 Å². The number of nitrogens with zero attached hydrogens (tertiary/aromatic N) is 2. The Kier molecular flexibility index (Phi) is 3.99. The van der Waals surface area contributed by atoms with Crippen LogP contribution in [0.3, 0.4) is 0 Å². The van der Waals surface area contributed by atoms with Crippen molar-refractivity contribution >= 4 is 28.9 Å². The standard InChI is InChI=1S/C12H17N5S/c1-3-8-4-5-18-9(8)7-15-11-6-10(14-2)16-12(13)17-11/h4-6H,3,7H2,1-2H3,(H4,13,14,15,16,17). The smallest absolute Gasteiger partial charge is 0.223 e. The Hall–Kier alpha value is -1.82. The predicted octanol–water partition coefficient (Wildman–Crippen LogP) is 2.34. The number of anilines is 3. The first-order valence-corrected chi connectivity index (χ1v) is 6.72. The quantitative estimate of drug-likeness (QED) is 0.772. The van der Waals surface area contributed by atoms with Gasteiger partial charge in [0.2, 0.25) is 5.95 Å². The van der Waals surface area contributed by atoms with Crippen LogP contribution in [0, 0.1) is 0 Å². The molecule has 96 valence electrons. The summed E-state index contributed by atoms with van der Waals surface area (Å²) in [5, 5.41) is 8.35. The highest BCUT2D eigenvalue weighted by Gasteiger charge is 2.04. The molecule has 0 aliphatic heterocycles. The molecule has 18 heavy (non-hydrogen) atoms. The number of nitrogens with one attached hydrogen (secondary N) is 2. The first-order valence-electron chi connectivity index (χ1n) is 5.84. The van der Waals surface area contributed by atoms with Gasteiger partial charge in [-0.1, -0.05) is 6.92 Å². The van der Waals surface area contributed by atoms with E-state index in [0.29, 0.717) is 5.82 Å². The second-order valence-electron chi connectivity index (χ2n) is 3.82. The highest BCUT2D eigenvalue weighted by atomic mass is 32.1. The van der Waals surface area contributed by atoms with E-state index in [-0.39, 0.29) is 5.95 Å². The fourth-order valence-corrected chi connectivity index (χ4v) is 2.61. The summed E-state index contributed by atoms with van der Waals surface area (Å²) in [6.07, 6.45) is 1.05. The number of nitrogens with two attached hydrogens (primary N) is 1. The highest BCUT2D eigenvalue weighted by molar-refractivity contribution is 7.10. The summed E-state index contributed by atoms with van der Waals surface area (Å²) in [6, 6.07) is 4.00. The van der Waals surface area contributed by atoms with Crippen molar-refractivity contribution in [3.63, 3.8) is 0 Å². The van der Waals surface area contributed by atoms with E-state index in [1.54, 1.807) is 18.4 Å². The molecular weight excluding hydrogens is 246 g/mol. The van der Waals surface area contributed by atoms with Crippen LogP contribution in [0.1, 0.15) is 17.4 Å². The number of aromatic nitrogens is 2. The lowest BCUT2D eigenvalue weighted by Gasteiger charge is -2.08. The highest BCUT2D eigenvalue weighted by Crippen LogP contribution is 2.19. The zero-order valence-corrected chi connectivity index (χ0v) is 11.3. The van der Waals surface area contributed by atoms with E-state index in [9.17, 15) is 0 Å². The lowest BCUT2D eigenvalue weighted by atomic mass is 10.2. The summed E-state index contributed by atoms with van der Waals surface area (Å²) in [7, 11) is 1.81. The maximum absolute atomic E-state index is 5.64. The minimum absolute atomic E-state index is 0.270. The lowest BCUT2D eigenvalue weighted by Crippen LogP contribution is -2.06. The van der Waals surface area contributed by atoms with E-state index in [2.05, 4.69) is 39.0 Å². The molecule has 0 unspecified atom stereocenters. The summed E-state index contributed by atoms with van der Waals surface area (Å²) in [6.45, 7) is 2.92. The van der Waals surface area contributed by atoms with E-state index in [4.69, 9.17) is 5.73 Å². The third-order valence-corrected chi connectivity index (χ3v) is 3.61. The molecule has 0 aromatic carbocycles. The molecule has 0 radical (unpaired) electrons. The Morgan fingerprint density at radius 1 is 1.33 bits per heavy atom. The molecule has 2 aromatic rings. The number of hydrogen-bond acceptors (Lipinski definition) is 6. The van der Waals surface area contributed by atoms with E-state index >= 15 is 0 Å². The number of thiophene rings is 1. The van der Waals surface area contributed by atoms with Crippen LogP contribution in [-0.2, 0) is 13.0 Å². The molecule has 0 aliphatic rings. The zero-order valence-electron chi connectivity index (χ0n) is 10.5. The SMILES string of the molecule is CCc1ccsc1CNc1cc(NC)nc(N)n1. The molecule has 2 aromatic heterocycles. The Bertz CT molecular complexity index is 523. The summed E-state index contributed by atoms with van der Waals surface area (Å²) < 4.78 is 0. The number of rotatable bonds is 5. The van der Waals surface area contributed by atoms with Gasteiger partial charge in [-0.25, -0.2) is 0 Å². The van der Waals surface area contributed by atoms with Crippen molar-refractivity contribution in [1.82, 2.24) is 9.97 Å². The summed E-state index contributed by atoms with van der Waals surface area (Å²) >= 11 is 1.75. The maximum atomic E-state index is 5.64. The fourth-order valence-electron chi connectivity index (χ4n) is 1.69. The molecule has 0 bridgehead atoms. The third-order valence-electron chi connectivity index (χ3n) is 2.65. The van der Waals surface area contributed by atoms with Gasteiger partial charge >= 0.3 is 0 Å². The molecule has 0 fully saturated rings. The second-order valence-corrected chi connectivity index (χ2v) is 4.82. The molecule has 0 saturated carbocycles. The van der Waals surface area contributed by atoms with Gasteiger partial charge in [-0.05, 0) is 23.4 Å². The van der Waals surface area contributed by atoms with Gasteiger partial charge in [0.25, 0.3) is 0 Å². The topological polar surface area (TPSA) is 75.9 Å². The van der Waals surface area contributed by atoms with Crippen LogP contribution in [-0.4, -0.2) is 17.0 Å². The Morgan fingerprint density at radius 3 is 2.83 bits per heavy atom. The Labute approximate surface area is 110 Å². The largest absolute Gasteiger partial charge is 0.373 e. The molecule has 0 aliphatic carbocycles. The molecule has 0 spiro atoms. The van der Waals surface area contributed by atoms with Crippen LogP contribution in [0.2, 0.25) is 0 Å². The minimum Gasteiger partial charge on any atom is -0.373 e. The van der Waals surface area contributed by atoms with Gasteiger partial charge in [0.15, 0.2) is 0 Å². The molecular formula is C12H17N5S. The van der Waals surface area contributed by atoms with Crippen LogP contribution in [0.4, 0.5) is 17.6 Å². The summed E-state index contributed by atoms with van der Waals surface area (Å²) in [5.74, 6) is 1.72. The van der Waals surface area contributed by atoms with Gasteiger partial charge in [-0.2, -0.15) is 9.97 Å². The van der Waals surface area contributed by atoms with Gasteiger partial charge in [-0.15, -0.1) is 11.3 Å². The van der Waals surface area contributed by atoms with Crippen LogP contribution < -0.4 is 16.4 Å². The number of aryl methyl sites for hydroxylation is 1. The van der Waals surface area contributed by atoms with Crippen LogP contribution in [0.25, 0.3) is 0 Å². The van der Waals surface area contributed by atoms with Crippen LogP contribution >= 0.6 is 11.3 Å². The Balaban J connectivity index is 2.08. The van der Waals surface area contributed by atoms with E-state index in [0.717, 1.165) is 18.8 Å². The molecule has 2 heterocycles. The van der Waals surface area contributed by atoms with Crippen molar-refractivity contribution in [2.24, 2.45) is 0 Å². The average Bonchev–Trinajstić information content (AvgIpc) is 2.83. The molecule has 0 saturated heterocycles. The van der Waals surface area contributed by atoms with Crippen molar-refractivity contribution < 1.29 is 0 Å². The maximum Gasteiger partial charge on any atom is 0.223 e. The first kappa shape index (κ1) is 12.6. The van der Waals surface area contributed by atoms with E-state index < -0.39 is 0 Å². The van der Waals surface area contributed by atoms with Crippen molar-refractivity contribution in [2.45, 2.75) is 19.9 Å². The van der Waals surface area contributed by atoms with Crippen molar-refractivity contribution in [3.05, 3.63) is 28.0 Å². The molecule has 0 atom stereocenters. The average molecular weight is 263 g/mol. The molecule has 4 N–H and O–H groups in total. The molecule has 6 heteroatoms.